The molecular weight excluding hydrogens is 422 g/mol. The lowest BCUT2D eigenvalue weighted by molar-refractivity contribution is -0.120. The van der Waals surface area contributed by atoms with Gasteiger partial charge >= 0.3 is 0 Å². The number of anilines is 1. The second kappa shape index (κ2) is 9.74. The van der Waals surface area contributed by atoms with Gasteiger partial charge in [0, 0.05) is 11.4 Å². The Bertz CT molecular complexity index is 926. The van der Waals surface area contributed by atoms with E-state index in [1.54, 1.807) is 16.7 Å². The Hall–Kier alpha value is -1.89. The maximum atomic E-state index is 13.2. The highest BCUT2D eigenvalue weighted by Gasteiger charge is 2.33. The molecule has 29 heavy (non-hydrogen) atoms. The number of nitrogens with zero attached hydrogens (tertiary/aromatic N) is 3. The van der Waals surface area contributed by atoms with Gasteiger partial charge < -0.3 is 4.90 Å². The summed E-state index contributed by atoms with van der Waals surface area (Å²) in [6.07, 6.45) is 0. The normalized spacial score (nSPS) is 12.6. The SMILES string of the molecule is CC(C)(C)C(Cl)C(=O)N(Cc1nnc(SCc2ccccc2)s1)c1ccccc1. The Balaban J connectivity index is 1.74. The third kappa shape index (κ3) is 6.04. The number of alkyl halides is 1. The molecule has 0 fully saturated rings. The van der Waals surface area contributed by atoms with Crippen LogP contribution < -0.4 is 4.90 Å². The van der Waals surface area contributed by atoms with Crippen molar-refractivity contribution in [1.29, 1.82) is 0 Å². The second-order valence-corrected chi connectivity index (χ2v) is 10.4. The lowest BCUT2D eigenvalue weighted by atomic mass is 9.91. The number of carbonyl (C=O) groups excluding carboxylic acids is 1. The fraction of sp³-hybridized carbons (Fsp3) is 0.318. The molecule has 2 aromatic carbocycles. The molecule has 1 heterocycles. The molecule has 0 aliphatic rings. The number of benzene rings is 2. The summed E-state index contributed by atoms with van der Waals surface area (Å²) in [5, 5.41) is 8.75. The molecule has 0 aliphatic carbocycles. The van der Waals surface area contributed by atoms with E-state index < -0.39 is 5.38 Å². The Labute approximate surface area is 185 Å². The zero-order valence-electron chi connectivity index (χ0n) is 16.7. The van der Waals surface area contributed by atoms with E-state index in [0.717, 1.165) is 20.8 Å². The third-order valence-electron chi connectivity index (χ3n) is 4.26. The quantitative estimate of drug-likeness (QED) is 0.329. The van der Waals surface area contributed by atoms with Crippen molar-refractivity contribution in [3.8, 4) is 0 Å². The fourth-order valence-electron chi connectivity index (χ4n) is 2.63. The molecule has 3 aromatic rings. The third-order valence-corrected chi connectivity index (χ3v) is 7.21. The van der Waals surface area contributed by atoms with Gasteiger partial charge in [-0.2, -0.15) is 0 Å². The van der Waals surface area contributed by atoms with Gasteiger partial charge in [-0.05, 0) is 23.1 Å². The molecule has 1 amide bonds. The van der Waals surface area contributed by atoms with Crippen molar-refractivity contribution >= 4 is 46.3 Å². The Morgan fingerprint density at radius 1 is 1.07 bits per heavy atom. The smallest absolute Gasteiger partial charge is 0.245 e. The predicted octanol–water partition coefficient (Wildman–Crippen LogP) is 6.02. The summed E-state index contributed by atoms with van der Waals surface area (Å²) in [5.74, 6) is 0.712. The van der Waals surface area contributed by atoms with E-state index in [2.05, 4.69) is 22.3 Å². The van der Waals surface area contributed by atoms with Crippen LogP contribution >= 0.6 is 34.7 Å². The van der Waals surface area contributed by atoms with E-state index in [1.807, 2.05) is 69.3 Å². The van der Waals surface area contributed by atoms with Crippen molar-refractivity contribution in [3.05, 3.63) is 71.2 Å². The van der Waals surface area contributed by atoms with Gasteiger partial charge in [-0.25, -0.2) is 0 Å². The fourth-order valence-corrected chi connectivity index (χ4v) is 4.59. The number of para-hydroxylation sites is 1. The van der Waals surface area contributed by atoms with Gasteiger partial charge in [0.05, 0.1) is 6.54 Å². The van der Waals surface area contributed by atoms with Gasteiger partial charge in [0.2, 0.25) is 5.91 Å². The van der Waals surface area contributed by atoms with Crippen LogP contribution in [0.4, 0.5) is 5.69 Å². The standard InChI is InChI=1S/C22H24ClN3OS2/c1-22(2,3)19(23)20(27)26(17-12-8-5-9-13-17)14-18-24-25-21(29-18)28-15-16-10-6-4-7-11-16/h4-13,19H,14-15H2,1-3H3. The number of thioether (sulfide) groups is 1. The van der Waals surface area contributed by atoms with E-state index >= 15 is 0 Å². The first-order valence-electron chi connectivity index (χ1n) is 9.34. The molecule has 0 saturated carbocycles. The van der Waals surface area contributed by atoms with Crippen LogP contribution in [0.2, 0.25) is 0 Å². The largest absolute Gasteiger partial charge is 0.304 e. The minimum Gasteiger partial charge on any atom is -0.304 e. The Morgan fingerprint density at radius 3 is 2.31 bits per heavy atom. The van der Waals surface area contributed by atoms with Crippen molar-refractivity contribution in [3.63, 3.8) is 0 Å². The highest BCUT2D eigenvalue weighted by molar-refractivity contribution is 8.00. The van der Waals surface area contributed by atoms with Gasteiger partial charge in [0.25, 0.3) is 0 Å². The summed E-state index contributed by atoms with van der Waals surface area (Å²) < 4.78 is 0.891. The number of hydrogen-bond acceptors (Lipinski definition) is 5. The minimum absolute atomic E-state index is 0.126. The number of halogens is 1. The molecule has 0 bridgehead atoms. The topological polar surface area (TPSA) is 46.1 Å². The van der Waals surface area contributed by atoms with Gasteiger partial charge in [-0.1, -0.05) is 92.4 Å². The molecule has 0 spiro atoms. The Kier molecular flexibility index (Phi) is 7.33. The van der Waals surface area contributed by atoms with Crippen LogP contribution in [-0.2, 0) is 17.1 Å². The van der Waals surface area contributed by atoms with E-state index in [0.29, 0.717) is 6.54 Å². The highest BCUT2D eigenvalue weighted by atomic mass is 35.5. The summed E-state index contributed by atoms with van der Waals surface area (Å²) >= 11 is 9.68. The molecule has 0 saturated heterocycles. The maximum Gasteiger partial charge on any atom is 0.245 e. The number of carbonyl (C=O) groups is 1. The van der Waals surface area contributed by atoms with Gasteiger partial charge in [-0.3, -0.25) is 4.79 Å². The van der Waals surface area contributed by atoms with Crippen LogP contribution in [0.15, 0.2) is 65.0 Å². The zero-order valence-corrected chi connectivity index (χ0v) is 19.1. The molecule has 1 aromatic heterocycles. The zero-order chi connectivity index (χ0) is 20.9. The lowest BCUT2D eigenvalue weighted by Gasteiger charge is -2.30. The molecule has 0 aliphatic heterocycles. The summed E-state index contributed by atoms with van der Waals surface area (Å²) in [4.78, 5) is 14.9. The molecule has 1 atom stereocenters. The Morgan fingerprint density at radius 2 is 1.69 bits per heavy atom. The monoisotopic (exact) mass is 445 g/mol. The van der Waals surface area contributed by atoms with Gasteiger partial charge in [-0.15, -0.1) is 21.8 Å². The van der Waals surface area contributed by atoms with E-state index in [-0.39, 0.29) is 11.3 Å². The number of hydrogen-bond donors (Lipinski definition) is 0. The van der Waals surface area contributed by atoms with Crippen LogP contribution in [-0.4, -0.2) is 21.5 Å². The van der Waals surface area contributed by atoms with E-state index in [9.17, 15) is 4.79 Å². The average molecular weight is 446 g/mol. The van der Waals surface area contributed by atoms with Crippen molar-refractivity contribution in [2.45, 2.75) is 42.8 Å². The van der Waals surface area contributed by atoms with E-state index in [4.69, 9.17) is 11.6 Å². The van der Waals surface area contributed by atoms with Crippen LogP contribution in [0, 0.1) is 5.41 Å². The summed E-state index contributed by atoms with van der Waals surface area (Å²) in [6, 6.07) is 19.8. The molecule has 152 valence electrons. The van der Waals surface area contributed by atoms with Crippen LogP contribution in [0.3, 0.4) is 0 Å². The molecule has 4 nitrogen and oxygen atoms in total. The van der Waals surface area contributed by atoms with Crippen molar-refractivity contribution in [2.75, 3.05) is 4.90 Å². The van der Waals surface area contributed by atoms with Crippen LogP contribution in [0.5, 0.6) is 0 Å². The predicted molar refractivity (Wildman–Crippen MR) is 123 cm³/mol. The number of rotatable bonds is 7. The first kappa shape index (κ1) is 21.8. The first-order chi connectivity index (χ1) is 13.8. The molecular formula is C22H24ClN3OS2. The van der Waals surface area contributed by atoms with Gasteiger partial charge in [0.15, 0.2) is 4.34 Å². The number of amides is 1. The second-order valence-electron chi connectivity index (χ2n) is 7.72. The summed E-state index contributed by atoms with van der Waals surface area (Å²) in [6.45, 7) is 6.25. The van der Waals surface area contributed by atoms with Crippen LogP contribution in [0.1, 0.15) is 31.3 Å². The molecule has 1 unspecified atom stereocenters. The number of aromatic nitrogens is 2. The van der Waals surface area contributed by atoms with Crippen molar-refractivity contribution in [1.82, 2.24) is 10.2 Å². The first-order valence-corrected chi connectivity index (χ1v) is 11.6. The summed E-state index contributed by atoms with van der Waals surface area (Å²) in [7, 11) is 0. The summed E-state index contributed by atoms with van der Waals surface area (Å²) in [5.41, 5.74) is 1.70. The van der Waals surface area contributed by atoms with Crippen LogP contribution in [0.25, 0.3) is 0 Å². The van der Waals surface area contributed by atoms with Gasteiger partial charge in [0.1, 0.15) is 10.4 Å². The molecule has 3 rings (SSSR count). The van der Waals surface area contributed by atoms with Crippen molar-refractivity contribution in [2.24, 2.45) is 5.41 Å². The molecule has 0 N–H and O–H groups in total. The lowest BCUT2D eigenvalue weighted by Crippen LogP contribution is -2.42. The molecule has 7 heteroatoms. The van der Waals surface area contributed by atoms with Crippen molar-refractivity contribution < 1.29 is 4.79 Å². The average Bonchev–Trinajstić information content (AvgIpc) is 3.18. The minimum atomic E-state index is -0.637. The highest BCUT2D eigenvalue weighted by Crippen LogP contribution is 2.31. The maximum absolute atomic E-state index is 13.2. The molecule has 0 radical (unpaired) electrons. The van der Waals surface area contributed by atoms with E-state index in [1.165, 1.54) is 16.9 Å².